The van der Waals surface area contributed by atoms with Gasteiger partial charge in [0.25, 0.3) is 0 Å². The molecule has 0 saturated carbocycles. The fourth-order valence-electron chi connectivity index (χ4n) is 1.58. The highest BCUT2D eigenvalue weighted by atomic mass is 32.2. The summed E-state index contributed by atoms with van der Waals surface area (Å²) in [6, 6.07) is 7.33. The predicted octanol–water partition coefficient (Wildman–Crippen LogP) is 3.36. The van der Waals surface area contributed by atoms with E-state index in [2.05, 4.69) is 15.5 Å². The van der Waals surface area contributed by atoms with E-state index in [1.807, 2.05) is 45.0 Å². The van der Waals surface area contributed by atoms with E-state index >= 15 is 0 Å². The molecule has 1 amide bonds. The van der Waals surface area contributed by atoms with Crippen LogP contribution in [-0.2, 0) is 4.79 Å². The third-order valence-electron chi connectivity index (χ3n) is 2.59. The molecule has 0 spiro atoms. The van der Waals surface area contributed by atoms with Crippen LogP contribution in [0.4, 0.5) is 5.69 Å². The van der Waals surface area contributed by atoms with Gasteiger partial charge in [0, 0.05) is 5.69 Å². The second kappa shape index (κ2) is 7.42. The number of nitrogens with one attached hydrogen (secondary N) is 1. The fraction of sp³-hybridized carbons (Fsp3) is 0.357. The van der Waals surface area contributed by atoms with Crippen molar-refractivity contribution in [3.05, 3.63) is 29.3 Å². The van der Waals surface area contributed by atoms with Crippen molar-refractivity contribution in [2.45, 2.75) is 30.4 Å². The molecular formula is C14H17N3O2S2. The molecule has 5 nitrogen and oxygen atoms in total. The van der Waals surface area contributed by atoms with Crippen molar-refractivity contribution in [2.24, 2.45) is 0 Å². The lowest BCUT2D eigenvalue weighted by molar-refractivity contribution is -0.115. The van der Waals surface area contributed by atoms with Gasteiger partial charge in [0.05, 0.1) is 11.9 Å². The predicted molar refractivity (Wildman–Crippen MR) is 86.2 cm³/mol. The summed E-state index contributed by atoms with van der Waals surface area (Å²) in [5.74, 6) is 0.735. The molecule has 0 bridgehead atoms. The maximum absolute atomic E-state index is 12.1. The van der Waals surface area contributed by atoms with E-state index in [-0.39, 0.29) is 11.2 Å². The summed E-state index contributed by atoms with van der Waals surface area (Å²) in [7, 11) is 0. The Morgan fingerprint density at radius 3 is 2.67 bits per heavy atom. The molecule has 0 radical (unpaired) electrons. The van der Waals surface area contributed by atoms with Crippen LogP contribution in [0.15, 0.2) is 28.6 Å². The quantitative estimate of drug-likeness (QED) is 0.826. The van der Waals surface area contributed by atoms with Gasteiger partial charge in [-0.05, 0) is 45.0 Å². The Morgan fingerprint density at radius 2 is 2.10 bits per heavy atom. The molecule has 0 aliphatic carbocycles. The van der Waals surface area contributed by atoms with Crippen molar-refractivity contribution in [3.8, 4) is 5.75 Å². The smallest absolute Gasteiger partial charge is 0.237 e. The standard InChI is InChI=1S/C14H17N3O2S2/c1-4-19-12-7-5-11(6-8-12)15-13(18)9(2)20-14-17-16-10(3)21-14/h5-9H,4H2,1-3H3,(H,15,18). The number of amides is 1. The van der Waals surface area contributed by atoms with Crippen molar-refractivity contribution in [2.75, 3.05) is 11.9 Å². The average molecular weight is 323 g/mol. The summed E-state index contributed by atoms with van der Waals surface area (Å²) in [5.41, 5.74) is 0.754. The number of carbonyl (C=O) groups excluding carboxylic acids is 1. The monoisotopic (exact) mass is 323 g/mol. The lowest BCUT2D eigenvalue weighted by atomic mass is 10.3. The van der Waals surface area contributed by atoms with Gasteiger partial charge in [0.2, 0.25) is 5.91 Å². The van der Waals surface area contributed by atoms with E-state index in [0.717, 1.165) is 20.8 Å². The molecule has 0 aliphatic heterocycles. The van der Waals surface area contributed by atoms with E-state index in [4.69, 9.17) is 4.74 Å². The molecule has 21 heavy (non-hydrogen) atoms. The Kier molecular flexibility index (Phi) is 5.58. The topological polar surface area (TPSA) is 64.1 Å². The number of carbonyl (C=O) groups is 1. The Balaban J connectivity index is 1.90. The Morgan fingerprint density at radius 1 is 1.38 bits per heavy atom. The molecule has 1 unspecified atom stereocenters. The highest BCUT2D eigenvalue weighted by molar-refractivity contribution is 8.02. The van der Waals surface area contributed by atoms with Gasteiger partial charge in [-0.1, -0.05) is 23.1 Å². The number of benzene rings is 1. The first-order valence-corrected chi connectivity index (χ1v) is 8.28. The first kappa shape index (κ1) is 15.8. The van der Waals surface area contributed by atoms with E-state index < -0.39 is 0 Å². The first-order chi connectivity index (χ1) is 10.1. The van der Waals surface area contributed by atoms with E-state index in [1.54, 1.807) is 0 Å². The third-order valence-corrected chi connectivity index (χ3v) is 4.61. The van der Waals surface area contributed by atoms with Crippen molar-refractivity contribution in [1.29, 1.82) is 0 Å². The molecule has 0 fully saturated rings. The SMILES string of the molecule is CCOc1ccc(NC(=O)C(C)Sc2nnc(C)s2)cc1. The Bertz CT molecular complexity index is 599. The minimum Gasteiger partial charge on any atom is -0.494 e. The number of hydrogen-bond acceptors (Lipinski definition) is 6. The molecule has 2 rings (SSSR count). The van der Waals surface area contributed by atoms with E-state index in [1.165, 1.54) is 23.1 Å². The van der Waals surface area contributed by atoms with Gasteiger partial charge < -0.3 is 10.1 Å². The number of hydrogen-bond donors (Lipinski definition) is 1. The highest BCUT2D eigenvalue weighted by Gasteiger charge is 2.16. The zero-order chi connectivity index (χ0) is 15.2. The van der Waals surface area contributed by atoms with Crippen LogP contribution in [0.1, 0.15) is 18.9 Å². The summed E-state index contributed by atoms with van der Waals surface area (Å²) in [6.07, 6.45) is 0. The van der Waals surface area contributed by atoms with E-state index in [0.29, 0.717) is 6.61 Å². The molecule has 1 N–H and O–H groups in total. The fourth-order valence-corrected chi connectivity index (χ4v) is 3.54. The second-order valence-corrected chi connectivity index (χ2v) is 7.06. The van der Waals surface area contributed by atoms with Gasteiger partial charge in [-0.25, -0.2) is 0 Å². The zero-order valence-corrected chi connectivity index (χ0v) is 13.8. The molecule has 1 aromatic heterocycles. The van der Waals surface area contributed by atoms with Crippen molar-refractivity contribution < 1.29 is 9.53 Å². The molecule has 0 saturated heterocycles. The number of nitrogens with zero attached hydrogens (tertiary/aromatic N) is 2. The van der Waals surface area contributed by atoms with E-state index in [9.17, 15) is 4.79 Å². The van der Waals surface area contributed by atoms with Crippen molar-refractivity contribution in [1.82, 2.24) is 10.2 Å². The first-order valence-electron chi connectivity index (χ1n) is 6.59. The van der Waals surface area contributed by atoms with Gasteiger partial charge in [-0.2, -0.15) is 0 Å². The van der Waals surface area contributed by atoms with Crippen LogP contribution >= 0.6 is 23.1 Å². The Hall–Kier alpha value is -1.60. The number of anilines is 1. The number of aromatic nitrogens is 2. The molecule has 1 heterocycles. The van der Waals surface area contributed by atoms with Crippen LogP contribution in [0.25, 0.3) is 0 Å². The zero-order valence-electron chi connectivity index (χ0n) is 12.1. The molecule has 1 atom stereocenters. The van der Waals surface area contributed by atoms with Gasteiger partial charge in [0.15, 0.2) is 4.34 Å². The summed E-state index contributed by atoms with van der Waals surface area (Å²) >= 11 is 2.90. The third kappa shape index (κ3) is 4.71. The number of rotatable bonds is 6. The van der Waals surface area contributed by atoms with Gasteiger partial charge in [-0.15, -0.1) is 10.2 Å². The molecule has 0 aliphatic rings. The summed E-state index contributed by atoms with van der Waals surface area (Å²) < 4.78 is 6.17. The number of ether oxygens (including phenoxy) is 1. The Labute approximate surface area is 132 Å². The van der Waals surface area contributed by atoms with Gasteiger partial charge >= 0.3 is 0 Å². The maximum atomic E-state index is 12.1. The molecule has 7 heteroatoms. The second-order valence-electron chi connectivity index (χ2n) is 4.29. The number of aryl methyl sites for hydroxylation is 1. The van der Waals surface area contributed by atoms with Crippen molar-refractivity contribution in [3.63, 3.8) is 0 Å². The molecular weight excluding hydrogens is 306 g/mol. The lowest BCUT2D eigenvalue weighted by Crippen LogP contribution is -2.22. The summed E-state index contributed by atoms with van der Waals surface area (Å²) in [4.78, 5) is 12.1. The molecule has 1 aromatic carbocycles. The summed E-state index contributed by atoms with van der Waals surface area (Å²) in [6.45, 7) is 6.31. The van der Waals surface area contributed by atoms with Gasteiger partial charge in [0.1, 0.15) is 10.8 Å². The van der Waals surface area contributed by atoms with Crippen LogP contribution in [0, 0.1) is 6.92 Å². The minimum absolute atomic E-state index is 0.0583. The van der Waals surface area contributed by atoms with Crippen LogP contribution in [0.5, 0.6) is 5.75 Å². The van der Waals surface area contributed by atoms with Gasteiger partial charge in [-0.3, -0.25) is 4.79 Å². The minimum atomic E-state index is -0.232. The molecule has 2 aromatic rings. The molecule has 112 valence electrons. The van der Waals surface area contributed by atoms with Crippen LogP contribution in [0.2, 0.25) is 0 Å². The average Bonchev–Trinajstić information content (AvgIpc) is 2.86. The van der Waals surface area contributed by atoms with Crippen LogP contribution in [0.3, 0.4) is 0 Å². The largest absolute Gasteiger partial charge is 0.494 e. The van der Waals surface area contributed by atoms with Crippen LogP contribution in [-0.4, -0.2) is 28.0 Å². The van der Waals surface area contributed by atoms with Crippen molar-refractivity contribution >= 4 is 34.7 Å². The number of thioether (sulfide) groups is 1. The summed E-state index contributed by atoms with van der Waals surface area (Å²) in [5, 5.41) is 11.5. The highest BCUT2D eigenvalue weighted by Crippen LogP contribution is 2.27. The lowest BCUT2D eigenvalue weighted by Gasteiger charge is -2.11. The maximum Gasteiger partial charge on any atom is 0.237 e. The van der Waals surface area contributed by atoms with Crippen LogP contribution < -0.4 is 10.1 Å². The normalized spacial score (nSPS) is 12.0.